The van der Waals surface area contributed by atoms with Crippen molar-refractivity contribution in [1.29, 1.82) is 0 Å². The smallest absolute Gasteiger partial charge is 0.254 e. The van der Waals surface area contributed by atoms with Crippen molar-refractivity contribution in [3.05, 3.63) is 96.1 Å². The molecule has 0 unspecified atom stereocenters. The van der Waals surface area contributed by atoms with Crippen molar-refractivity contribution in [1.82, 2.24) is 14.9 Å². The number of allylic oxidation sites excluding steroid dienone is 1. The van der Waals surface area contributed by atoms with Gasteiger partial charge in [0.25, 0.3) is 5.91 Å². The molecule has 0 N–H and O–H groups in total. The third-order valence-electron chi connectivity index (χ3n) is 4.67. The molecule has 3 rings (SSSR count). The van der Waals surface area contributed by atoms with Crippen LogP contribution in [-0.4, -0.2) is 35.0 Å². The SMILES string of the molecule is C=CCc1cc(C(=O)N(Cc2ccncc2)Cc2cccnc2)cc(OC)c1OC. The molecule has 0 radical (unpaired) electrons. The second-order valence-electron chi connectivity index (χ2n) is 6.74. The Morgan fingerprint density at radius 2 is 1.80 bits per heavy atom. The second kappa shape index (κ2) is 10.2. The Morgan fingerprint density at radius 3 is 2.43 bits per heavy atom. The maximum Gasteiger partial charge on any atom is 0.254 e. The van der Waals surface area contributed by atoms with Crippen LogP contribution in [0.3, 0.4) is 0 Å². The van der Waals surface area contributed by atoms with Gasteiger partial charge in [-0.25, -0.2) is 0 Å². The van der Waals surface area contributed by atoms with Crippen LogP contribution >= 0.6 is 0 Å². The number of aromatic nitrogens is 2. The Morgan fingerprint density at radius 1 is 1.03 bits per heavy atom. The summed E-state index contributed by atoms with van der Waals surface area (Å²) in [6.07, 6.45) is 9.27. The third-order valence-corrected chi connectivity index (χ3v) is 4.67. The Balaban J connectivity index is 1.98. The highest BCUT2D eigenvalue weighted by Gasteiger charge is 2.21. The highest BCUT2D eigenvalue weighted by molar-refractivity contribution is 5.95. The van der Waals surface area contributed by atoms with Crippen molar-refractivity contribution in [2.24, 2.45) is 0 Å². The topological polar surface area (TPSA) is 64.6 Å². The van der Waals surface area contributed by atoms with Gasteiger partial charge in [-0.3, -0.25) is 14.8 Å². The van der Waals surface area contributed by atoms with Crippen molar-refractivity contribution in [3.63, 3.8) is 0 Å². The van der Waals surface area contributed by atoms with E-state index in [-0.39, 0.29) is 5.91 Å². The van der Waals surface area contributed by atoms with E-state index in [9.17, 15) is 4.79 Å². The Labute approximate surface area is 176 Å². The zero-order chi connectivity index (χ0) is 21.3. The maximum atomic E-state index is 13.5. The summed E-state index contributed by atoms with van der Waals surface area (Å²) in [4.78, 5) is 23.6. The Hall–Kier alpha value is -3.67. The minimum Gasteiger partial charge on any atom is -0.493 e. The highest BCUT2D eigenvalue weighted by atomic mass is 16.5. The number of hydrogen-bond acceptors (Lipinski definition) is 5. The summed E-state index contributed by atoms with van der Waals surface area (Å²) >= 11 is 0. The summed E-state index contributed by atoms with van der Waals surface area (Å²) in [5, 5.41) is 0. The fraction of sp³-hybridized carbons (Fsp3) is 0.208. The molecule has 0 spiro atoms. The minimum atomic E-state index is -0.109. The van der Waals surface area contributed by atoms with E-state index in [1.165, 1.54) is 0 Å². The number of nitrogens with zero attached hydrogens (tertiary/aromatic N) is 3. The monoisotopic (exact) mass is 403 g/mol. The first kappa shape index (κ1) is 21.0. The van der Waals surface area contributed by atoms with Crippen molar-refractivity contribution >= 4 is 5.91 Å². The molecule has 0 bridgehead atoms. The lowest BCUT2D eigenvalue weighted by Crippen LogP contribution is -2.30. The van der Waals surface area contributed by atoms with E-state index in [0.29, 0.717) is 36.6 Å². The fourth-order valence-corrected chi connectivity index (χ4v) is 3.28. The highest BCUT2D eigenvalue weighted by Crippen LogP contribution is 2.34. The van der Waals surface area contributed by atoms with Gasteiger partial charge in [-0.15, -0.1) is 6.58 Å². The summed E-state index contributed by atoms with van der Waals surface area (Å²) < 4.78 is 11.0. The normalized spacial score (nSPS) is 10.3. The molecule has 0 aliphatic heterocycles. The molecular formula is C24H25N3O3. The number of carbonyl (C=O) groups is 1. The average molecular weight is 403 g/mol. The predicted molar refractivity (Wildman–Crippen MR) is 115 cm³/mol. The zero-order valence-corrected chi connectivity index (χ0v) is 17.2. The van der Waals surface area contributed by atoms with Crippen LogP contribution in [0.15, 0.2) is 73.8 Å². The van der Waals surface area contributed by atoms with Gasteiger partial charge in [0, 0.05) is 49.0 Å². The molecule has 154 valence electrons. The molecule has 6 nitrogen and oxygen atoms in total. The molecule has 1 aromatic carbocycles. The van der Waals surface area contributed by atoms with E-state index in [1.807, 2.05) is 30.3 Å². The first-order chi connectivity index (χ1) is 14.7. The van der Waals surface area contributed by atoms with Gasteiger partial charge in [0.05, 0.1) is 14.2 Å². The van der Waals surface area contributed by atoms with Crippen LogP contribution in [0.25, 0.3) is 0 Å². The van der Waals surface area contributed by atoms with E-state index in [0.717, 1.165) is 16.7 Å². The zero-order valence-electron chi connectivity index (χ0n) is 17.2. The number of amides is 1. The summed E-state index contributed by atoms with van der Waals surface area (Å²) in [6, 6.07) is 11.2. The first-order valence-electron chi connectivity index (χ1n) is 9.59. The number of ether oxygens (including phenoxy) is 2. The van der Waals surface area contributed by atoms with Crippen LogP contribution in [0.5, 0.6) is 11.5 Å². The number of benzene rings is 1. The van der Waals surface area contributed by atoms with Gasteiger partial charge in [0.15, 0.2) is 11.5 Å². The van der Waals surface area contributed by atoms with E-state index in [4.69, 9.17) is 9.47 Å². The molecule has 30 heavy (non-hydrogen) atoms. The van der Waals surface area contributed by atoms with E-state index in [1.54, 1.807) is 56.0 Å². The largest absolute Gasteiger partial charge is 0.493 e. The molecule has 3 aromatic rings. The van der Waals surface area contributed by atoms with Gasteiger partial charge in [-0.1, -0.05) is 12.1 Å². The molecule has 0 saturated heterocycles. The molecule has 0 aliphatic rings. The number of pyridine rings is 2. The lowest BCUT2D eigenvalue weighted by Gasteiger charge is -2.24. The molecular weight excluding hydrogens is 378 g/mol. The molecule has 2 heterocycles. The van der Waals surface area contributed by atoms with Gasteiger partial charge in [-0.2, -0.15) is 0 Å². The molecule has 0 atom stereocenters. The van der Waals surface area contributed by atoms with Crippen LogP contribution in [0.1, 0.15) is 27.0 Å². The Kier molecular flexibility index (Phi) is 7.16. The van der Waals surface area contributed by atoms with Crippen LogP contribution in [0, 0.1) is 0 Å². The first-order valence-corrected chi connectivity index (χ1v) is 9.59. The minimum absolute atomic E-state index is 0.109. The van der Waals surface area contributed by atoms with E-state index >= 15 is 0 Å². The van der Waals surface area contributed by atoms with E-state index in [2.05, 4.69) is 16.5 Å². The number of carbonyl (C=O) groups excluding carboxylic acids is 1. The fourth-order valence-electron chi connectivity index (χ4n) is 3.28. The lowest BCUT2D eigenvalue weighted by molar-refractivity contribution is 0.0729. The van der Waals surface area contributed by atoms with Gasteiger partial charge in [-0.05, 0) is 47.9 Å². The average Bonchev–Trinajstić information content (AvgIpc) is 2.79. The number of hydrogen-bond donors (Lipinski definition) is 0. The van der Waals surface area contributed by atoms with Gasteiger partial charge in [0.1, 0.15) is 0 Å². The molecule has 1 amide bonds. The molecule has 6 heteroatoms. The maximum absolute atomic E-state index is 13.5. The molecule has 0 aliphatic carbocycles. The summed E-state index contributed by atoms with van der Waals surface area (Å²) in [6.45, 7) is 4.68. The molecule has 0 fully saturated rings. The lowest BCUT2D eigenvalue weighted by atomic mass is 10.0. The van der Waals surface area contributed by atoms with E-state index < -0.39 is 0 Å². The van der Waals surface area contributed by atoms with Crippen LogP contribution in [0.2, 0.25) is 0 Å². The van der Waals surface area contributed by atoms with Gasteiger partial charge >= 0.3 is 0 Å². The van der Waals surface area contributed by atoms with Crippen molar-refractivity contribution in [2.45, 2.75) is 19.5 Å². The van der Waals surface area contributed by atoms with Crippen molar-refractivity contribution in [3.8, 4) is 11.5 Å². The van der Waals surface area contributed by atoms with Gasteiger partial charge < -0.3 is 14.4 Å². The third kappa shape index (κ3) is 5.03. The van der Waals surface area contributed by atoms with Crippen LogP contribution in [-0.2, 0) is 19.5 Å². The second-order valence-corrected chi connectivity index (χ2v) is 6.74. The number of methoxy groups -OCH3 is 2. The van der Waals surface area contributed by atoms with Crippen LogP contribution < -0.4 is 9.47 Å². The molecule has 0 saturated carbocycles. The van der Waals surface area contributed by atoms with Crippen molar-refractivity contribution in [2.75, 3.05) is 14.2 Å². The summed E-state index contributed by atoms with van der Waals surface area (Å²) in [5.74, 6) is 1.02. The quantitative estimate of drug-likeness (QED) is 0.504. The van der Waals surface area contributed by atoms with Crippen molar-refractivity contribution < 1.29 is 14.3 Å². The number of rotatable bonds is 9. The summed E-state index contributed by atoms with van der Waals surface area (Å²) in [5.41, 5.74) is 3.32. The Bertz CT molecular complexity index is 950. The van der Waals surface area contributed by atoms with Crippen LogP contribution in [0.4, 0.5) is 0 Å². The predicted octanol–water partition coefficient (Wildman–Crippen LogP) is 4.06. The van der Waals surface area contributed by atoms with Gasteiger partial charge in [0.2, 0.25) is 0 Å². The summed E-state index contributed by atoms with van der Waals surface area (Å²) in [7, 11) is 3.15. The molecule has 2 aromatic heterocycles. The standard InChI is InChI=1S/C24H25N3O3/c1-4-6-20-13-21(14-22(29-2)23(20)30-3)24(28)27(16-18-8-11-25-12-9-18)17-19-7-5-10-26-15-19/h4-5,7-15H,1,6,16-17H2,2-3H3.